The first-order valence-corrected chi connectivity index (χ1v) is 10.5. The number of nitriles is 1. The standard InChI is InChI=1S/C19H19N5O3S/c20-10-13-4-1-2-5-14(13)11-24-18(25)17-16(7-9-28(17,26)27)22-19(24)23-8-3-6-15(21)12-23/h1-2,4-5,7,9,15H,3,6,8,11-12,21H2/t15-/m1/s1. The first kappa shape index (κ1) is 18.4. The summed E-state index contributed by atoms with van der Waals surface area (Å²) >= 11 is 0. The number of nitrogens with two attached hydrogens (primary N) is 1. The predicted octanol–water partition coefficient (Wildman–Crippen LogP) is 0.849. The van der Waals surface area contributed by atoms with E-state index in [1.807, 2.05) is 4.90 Å². The van der Waals surface area contributed by atoms with Gasteiger partial charge in [0, 0.05) is 24.5 Å². The third kappa shape index (κ3) is 3.10. The molecule has 0 saturated carbocycles. The topological polar surface area (TPSA) is 122 Å². The van der Waals surface area contributed by atoms with E-state index in [0.29, 0.717) is 30.2 Å². The summed E-state index contributed by atoms with van der Waals surface area (Å²) in [6, 6.07) is 8.99. The Morgan fingerprint density at radius 3 is 2.86 bits per heavy atom. The molecule has 1 saturated heterocycles. The van der Waals surface area contributed by atoms with Crippen molar-refractivity contribution in [3.63, 3.8) is 0 Å². The smallest absolute Gasteiger partial charge is 0.275 e. The van der Waals surface area contributed by atoms with Crippen LogP contribution < -0.4 is 16.2 Å². The molecule has 28 heavy (non-hydrogen) atoms. The van der Waals surface area contributed by atoms with Gasteiger partial charge in [0.15, 0.2) is 4.90 Å². The Labute approximate surface area is 162 Å². The lowest BCUT2D eigenvalue weighted by Crippen LogP contribution is -2.46. The van der Waals surface area contributed by atoms with Crippen LogP contribution in [0.25, 0.3) is 6.08 Å². The van der Waals surface area contributed by atoms with Crippen molar-refractivity contribution in [3.05, 3.63) is 56.8 Å². The number of piperidine rings is 1. The number of anilines is 1. The van der Waals surface area contributed by atoms with Gasteiger partial charge in [-0.25, -0.2) is 13.4 Å². The fraction of sp³-hybridized carbons (Fsp3) is 0.316. The molecule has 0 spiro atoms. The van der Waals surface area contributed by atoms with Gasteiger partial charge in [0.05, 0.1) is 23.9 Å². The zero-order chi connectivity index (χ0) is 19.9. The molecule has 1 aromatic heterocycles. The Morgan fingerprint density at radius 1 is 1.32 bits per heavy atom. The lowest BCUT2D eigenvalue weighted by atomic mass is 10.1. The number of fused-ring (bicyclic) bond motifs is 1. The normalized spacial score (nSPS) is 20.0. The molecule has 144 valence electrons. The Hall–Kier alpha value is -2.96. The van der Waals surface area contributed by atoms with Gasteiger partial charge in [-0.1, -0.05) is 18.2 Å². The summed E-state index contributed by atoms with van der Waals surface area (Å²) in [6.07, 6.45) is 3.10. The molecule has 2 N–H and O–H groups in total. The summed E-state index contributed by atoms with van der Waals surface area (Å²) in [7, 11) is -3.81. The van der Waals surface area contributed by atoms with Crippen molar-refractivity contribution in [1.82, 2.24) is 9.55 Å². The van der Waals surface area contributed by atoms with Crippen LogP contribution >= 0.6 is 0 Å². The lowest BCUT2D eigenvalue weighted by molar-refractivity contribution is 0.489. The molecule has 0 amide bonds. The lowest BCUT2D eigenvalue weighted by Gasteiger charge is -2.33. The maximum atomic E-state index is 13.2. The van der Waals surface area contributed by atoms with Crippen molar-refractivity contribution >= 4 is 21.9 Å². The third-order valence-electron chi connectivity index (χ3n) is 5.03. The average Bonchev–Trinajstić information content (AvgIpc) is 2.99. The van der Waals surface area contributed by atoms with E-state index in [4.69, 9.17) is 5.73 Å². The Morgan fingerprint density at radius 2 is 2.11 bits per heavy atom. The molecule has 1 fully saturated rings. The summed E-state index contributed by atoms with van der Waals surface area (Å²) < 4.78 is 26.0. The number of benzene rings is 1. The summed E-state index contributed by atoms with van der Waals surface area (Å²) in [5.74, 6) is 0.383. The molecular formula is C19H19N5O3S. The molecule has 1 atom stereocenters. The molecule has 1 aromatic carbocycles. The maximum absolute atomic E-state index is 13.2. The van der Waals surface area contributed by atoms with E-state index >= 15 is 0 Å². The van der Waals surface area contributed by atoms with Crippen LogP contribution in [-0.4, -0.2) is 37.1 Å². The molecule has 3 heterocycles. The largest absolute Gasteiger partial charge is 0.341 e. The average molecular weight is 397 g/mol. The quantitative estimate of drug-likeness (QED) is 0.814. The zero-order valence-electron chi connectivity index (χ0n) is 15.1. The Bertz CT molecular complexity index is 1180. The second kappa shape index (κ2) is 6.89. The highest BCUT2D eigenvalue weighted by atomic mass is 32.2. The van der Waals surface area contributed by atoms with Crippen LogP contribution in [0.2, 0.25) is 0 Å². The second-order valence-corrected chi connectivity index (χ2v) is 8.75. The van der Waals surface area contributed by atoms with Gasteiger partial charge in [-0.2, -0.15) is 5.26 Å². The second-order valence-electron chi connectivity index (χ2n) is 6.98. The van der Waals surface area contributed by atoms with Crippen LogP contribution in [0.15, 0.2) is 39.4 Å². The van der Waals surface area contributed by atoms with Crippen LogP contribution in [0.3, 0.4) is 0 Å². The van der Waals surface area contributed by atoms with E-state index in [2.05, 4.69) is 11.1 Å². The minimum Gasteiger partial charge on any atom is -0.341 e. The van der Waals surface area contributed by atoms with Crippen molar-refractivity contribution < 1.29 is 8.42 Å². The van der Waals surface area contributed by atoms with Crippen LogP contribution in [0, 0.1) is 11.3 Å². The molecule has 0 bridgehead atoms. The summed E-state index contributed by atoms with van der Waals surface area (Å²) in [4.78, 5) is 19.3. The highest BCUT2D eigenvalue weighted by Gasteiger charge is 2.31. The molecular weight excluding hydrogens is 378 g/mol. The molecule has 0 aliphatic carbocycles. The van der Waals surface area contributed by atoms with E-state index in [0.717, 1.165) is 18.2 Å². The van der Waals surface area contributed by atoms with Gasteiger partial charge in [-0.3, -0.25) is 9.36 Å². The van der Waals surface area contributed by atoms with Gasteiger partial charge in [0.2, 0.25) is 15.8 Å². The summed E-state index contributed by atoms with van der Waals surface area (Å²) in [6.45, 7) is 1.26. The number of aromatic nitrogens is 2. The number of hydrogen-bond donors (Lipinski definition) is 1. The molecule has 2 aromatic rings. The van der Waals surface area contributed by atoms with Gasteiger partial charge in [0.25, 0.3) is 5.56 Å². The highest BCUT2D eigenvalue weighted by molar-refractivity contribution is 7.94. The van der Waals surface area contributed by atoms with Gasteiger partial charge < -0.3 is 10.6 Å². The number of nitrogens with zero attached hydrogens (tertiary/aromatic N) is 4. The molecule has 0 unspecified atom stereocenters. The van der Waals surface area contributed by atoms with Crippen molar-refractivity contribution in [2.75, 3.05) is 18.0 Å². The fourth-order valence-corrected chi connectivity index (χ4v) is 4.86. The van der Waals surface area contributed by atoms with Gasteiger partial charge >= 0.3 is 0 Å². The van der Waals surface area contributed by atoms with Crippen LogP contribution in [-0.2, 0) is 16.4 Å². The fourth-order valence-electron chi connectivity index (χ4n) is 3.66. The van der Waals surface area contributed by atoms with E-state index in [-0.39, 0.29) is 23.2 Å². The Balaban J connectivity index is 1.90. The maximum Gasteiger partial charge on any atom is 0.275 e. The molecule has 2 aliphatic heterocycles. The predicted molar refractivity (Wildman–Crippen MR) is 104 cm³/mol. The number of rotatable bonds is 3. The summed E-state index contributed by atoms with van der Waals surface area (Å²) in [5, 5.41) is 10.4. The highest BCUT2D eigenvalue weighted by Crippen LogP contribution is 2.26. The third-order valence-corrected chi connectivity index (χ3v) is 6.48. The van der Waals surface area contributed by atoms with Gasteiger partial charge in [-0.05, 0) is 30.5 Å². The number of sulfone groups is 1. The molecule has 4 rings (SSSR count). The van der Waals surface area contributed by atoms with Gasteiger partial charge in [-0.15, -0.1) is 0 Å². The zero-order valence-corrected chi connectivity index (χ0v) is 15.9. The minimum absolute atomic E-state index is 0.0435. The van der Waals surface area contributed by atoms with E-state index in [1.165, 1.54) is 10.6 Å². The van der Waals surface area contributed by atoms with E-state index < -0.39 is 15.4 Å². The SMILES string of the molecule is N#Cc1ccccc1Cn1c(N2CCC[C@@H](N)C2)nc2c(c1=O)S(=O)(=O)C=C2. The van der Waals surface area contributed by atoms with Gasteiger partial charge in [0.1, 0.15) is 0 Å². The first-order chi connectivity index (χ1) is 13.4. The first-order valence-electron chi connectivity index (χ1n) is 8.97. The van der Waals surface area contributed by atoms with E-state index in [1.54, 1.807) is 24.3 Å². The number of hydrogen-bond acceptors (Lipinski definition) is 7. The van der Waals surface area contributed by atoms with Crippen molar-refractivity contribution in [2.45, 2.75) is 30.3 Å². The molecule has 2 aliphatic rings. The monoisotopic (exact) mass is 397 g/mol. The van der Waals surface area contributed by atoms with Crippen LogP contribution in [0.4, 0.5) is 5.95 Å². The molecule has 8 nitrogen and oxygen atoms in total. The van der Waals surface area contributed by atoms with Crippen molar-refractivity contribution in [1.29, 1.82) is 5.26 Å². The van der Waals surface area contributed by atoms with E-state index in [9.17, 15) is 18.5 Å². The Kier molecular flexibility index (Phi) is 4.53. The van der Waals surface area contributed by atoms with Crippen molar-refractivity contribution in [3.8, 4) is 6.07 Å². The van der Waals surface area contributed by atoms with Crippen LogP contribution in [0.1, 0.15) is 29.7 Å². The van der Waals surface area contributed by atoms with Crippen molar-refractivity contribution in [2.24, 2.45) is 5.73 Å². The molecule has 9 heteroatoms. The minimum atomic E-state index is -3.81. The molecule has 0 radical (unpaired) electrons. The summed E-state index contributed by atoms with van der Waals surface area (Å²) in [5.41, 5.74) is 6.68. The van der Waals surface area contributed by atoms with Crippen LogP contribution in [0.5, 0.6) is 0 Å².